The fourth-order valence-corrected chi connectivity index (χ4v) is 0.234. The van der Waals surface area contributed by atoms with E-state index >= 15 is 0 Å². The Bertz CT molecular complexity index is 162. The molecule has 10 heavy (non-hydrogen) atoms. The minimum absolute atomic E-state index is 0.708. The fraction of sp³-hybridized carbons (Fsp3) is 0. The van der Waals surface area contributed by atoms with Crippen LogP contribution in [0.3, 0.4) is 0 Å². The second-order valence-electron chi connectivity index (χ2n) is 1.01. The van der Waals surface area contributed by atoms with E-state index in [2.05, 4.69) is 0 Å². The first kappa shape index (κ1) is 7.83. The van der Waals surface area contributed by atoms with Crippen LogP contribution >= 0.6 is 0 Å². The molecule has 0 aliphatic rings. The van der Waals surface area contributed by atoms with Crippen molar-refractivity contribution in [2.24, 2.45) is 0 Å². The molecular weight excluding hydrogens is 134 g/mol. The van der Waals surface area contributed by atoms with Crippen LogP contribution in [0.15, 0.2) is 0 Å². The van der Waals surface area contributed by atoms with Crippen molar-refractivity contribution in [3.05, 3.63) is 0 Å². The largest absolute Gasteiger partial charge is 0.217 e. The third kappa shape index (κ3) is 2.92. The van der Waals surface area contributed by atoms with E-state index in [1.165, 1.54) is 18.6 Å². The SMILES string of the molecule is N#CNN(NC#N)NC#N. The van der Waals surface area contributed by atoms with Crippen molar-refractivity contribution in [1.82, 2.24) is 21.5 Å². The molecule has 0 fully saturated rings. The predicted octanol–water partition coefficient (Wildman–Crippen LogP) is -1.75. The Morgan fingerprint density at radius 2 is 1.10 bits per heavy atom. The lowest BCUT2D eigenvalue weighted by Crippen LogP contribution is -2.50. The first-order valence-electron chi connectivity index (χ1n) is 2.09. The van der Waals surface area contributed by atoms with E-state index in [0.717, 1.165) is 0 Å². The third-order valence-electron chi connectivity index (χ3n) is 0.485. The topological polar surface area (TPSA) is 111 Å². The summed E-state index contributed by atoms with van der Waals surface area (Å²) in [5.41, 5.74) is 5.87. The molecule has 0 heterocycles. The highest BCUT2D eigenvalue weighted by molar-refractivity contribution is 4.69. The Hall–Kier alpha value is -2.17. The van der Waals surface area contributed by atoms with Gasteiger partial charge >= 0.3 is 0 Å². The van der Waals surface area contributed by atoms with Gasteiger partial charge in [-0.2, -0.15) is 15.8 Å². The molecule has 0 aliphatic heterocycles. The van der Waals surface area contributed by atoms with Crippen LogP contribution < -0.4 is 16.3 Å². The first-order chi connectivity index (χ1) is 4.85. The normalized spacial score (nSPS) is 6.60. The van der Waals surface area contributed by atoms with Gasteiger partial charge in [-0.1, -0.05) is 0 Å². The van der Waals surface area contributed by atoms with E-state index < -0.39 is 0 Å². The minimum atomic E-state index is 0.708. The molecule has 7 nitrogen and oxygen atoms in total. The van der Waals surface area contributed by atoms with Crippen molar-refractivity contribution in [3.8, 4) is 18.6 Å². The van der Waals surface area contributed by atoms with Gasteiger partial charge in [-0.25, -0.2) is 16.3 Å². The summed E-state index contributed by atoms with van der Waals surface area (Å²) in [7, 11) is 0. The average Bonchev–Trinajstić information content (AvgIpc) is 1.90. The highest BCUT2D eigenvalue weighted by Crippen LogP contribution is 1.59. The number of hydrogen-bond donors (Lipinski definition) is 3. The van der Waals surface area contributed by atoms with E-state index in [1.807, 2.05) is 16.3 Å². The Balaban J connectivity index is 3.68. The molecule has 50 valence electrons. The van der Waals surface area contributed by atoms with E-state index in [4.69, 9.17) is 15.8 Å². The fourth-order valence-electron chi connectivity index (χ4n) is 0.234. The van der Waals surface area contributed by atoms with Gasteiger partial charge in [0.2, 0.25) is 0 Å². The average molecular weight is 137 g/mol. The van der Waals surface area contributed by atoms with E-state index in [-0.39, 0.29) is 0 Å². The van der Waals surface area contributed by atoms with Crippen LogP contribution in [-0.4, -0.2) is 5.23 Å². The van der Waals surface area contributed by atoms with Crippen molar-refractivity contribution < 1.29 is 0 Å². The molecule has 0 radical (unpaired) electrons. The van der Waals surface area contributed by atoms with E-state index in [0.29, 0.717) is 5.23 Å². The summed E-state index contributed by atoms with van der Waals surface area (Å²) in [4.78, 5) is 0. The number of nitrogens with one attached hydrogen (secondary N) is 3. The van der Waals surface area contributed by atoms with Crippen LogP contribution in [0.5, 0.6) is 0 Å². The van der Waals surface area contributed by atoms with Crippen LogP contribution in [0, 0.1) is 34.4 Å². The van der Waals surface area contributed by atoms with Crippen LogP contribution in [0.1, 0.15) is 0 Å². The van der Waals surface area contributed by atoms with E-state index in [9.17, 15) is 0 Å². The van der Waals surface area contributed by atoms with Gasteiger partial charge in [-0.05, 0) is 5.23 Å². The molecule has 0 saturated heterocycles. The lowest BCUT2D eigenvalue weighted by molar-refractivity contribution is 0.134. The Labute approximate surface area is 57.0 Å². The van der Waals surface area contributed by atoms with Gasteiger partial charge < -0.3 is 0 Å². The Morgan fingerprint density at radius 1 is 0.800 bits per heavy atom. The molecule has 0 spiro atoms. The van der Waals surface area contributed by atoms with Crippen molar-refractivity contribution >= 4 is 0 Å². The van der Waals surface area contributed by atoms with Crippen molar-refractivity contribution in [2.45, 2.75) is 0 Å². The molecule has 0 amide bonds. The van der Waals surface area contributed by atoms with Gasteiger partial charge in [0.1, 0.15) is 0 Å². The molecule has 0 saturated carbocycles. The minimum Gasteiger partial charge on any atom is -0.217 e. The van der Waals surface area contributed by atoms with Gasteiger partial charge in [-0.3, -0.25) is 0 Å². The lowest BCUT2D eigenvalue weighted by Gasteiger charge is -2.11. The Morgan fingerprint density at radius 3 is 1.30 bits per heavy atom. The lowest BCUT2D eigenvalue weighted by atomic mass is 11.3. The standard InChI is InChI=1S/C3H3N7/c4-1-7-10(8-2-5)9-3-6/h7-9H. The molecule has 3 N–H and O–H groups in total. The van der Waals surface area contributed by atoms with Gasteiger partial charge in [0.15, 0.2) is 18.6 Å². The van der Waals surface area contributed by atoms with Crippen LogP contribution in [-0.2, 0) is 0 Å². The molecule has 0 unspecified atom stereocenters. The highest BCUT2D eigenvalue weighted by atomic mass is 15.9. The zero-order valence-corrected chi connectivity index (χ0v) is 4.79. The quantitative estimate of drug-likeness (QED) is 0.240. The van der Waals surface area contributed by atoms with Gasteiger partial charge in [-0.15, -0.1) is 0 Å². The zero-order chi connectivity index (χ0) is 7.82. The summed E-state index contributed by atoms with van der Waals surface area (Å²) in [6.45, 7) is 0. The van der Waals surface area contributed by atoms with E-state index in [1.54, 1.807) is 0 Å². The summed E-state index contributed by atoms with van der Waals surface area (Å²) >= 11 is 0. The maximum Gasteiger partial charge on any atom is 0.195 e. The van der Waals surface area contributed by atoms with Gasteiger partial charge in [0.25, 0.3) is 0 Å². The molecule has 0 aliphatic carbocycles. The first-order valence-corrected chi connectivity index (χ1v) is 2.09. The molecule has 0 rings (SSSR count). The second kappa shape index (κ2) is 4.98. The van der Waals surface area contributed by atoms with Crippen LogP contribution in [0.4, 0.5) is 0 Å². The number of hydrazine groups is 3. The smallest absolute Gasteiger partial charge is 0.195 e. The predicted molar refractivity (Wildman–Crippen MR) is 28.1 cm³/mol. The van der Waals surface area contributed by atoms with Crippen molar-refractivity contribution in [2.75, 3.05) is 0 Å². The van der Waals surface area contributed by atoms with Crippen molar-refractivity contribution in [3.63, 3.8) is 0 Å². The molecule has 0 aromatic carbocycles. The molecule has 0 bridgehead atoms. The monoisotopic (exact) mass is 137 g/mol. The summed E-state index contributed by atoms with van der Waals surface area (Å²) < 4.78 is 0. The number of rotatable bonds is 3. The van der Waals surface area contributed by atoms with Crippen LogP contribution in [0.2, 0.25) is 0 Å². The Kier molecular flexibility index (Phi) is 3.90. The summed E-state index contributed by atoms with van der Waals surface area (Å²) in [5.74, 6) is 0. The van der Waals surface area contributed by atoms with Gasteiger partial charge in [0.05, 0.1) is 0 Å². The second-order valence-corrected chi connectivity index (χ2v) is 1.01. The van der Waals surface area contributed by atoms with Crippen LogP contribution in [0.25, 0.3) is 0 Å². The number of nitriles is 3. The zero-order valence-electron chi connectivity index (χ0n) is 4.79. The van der Waals surface area contributed by atoms with Crippen molar-refractivity contribution in [1.29, 1.82) is 15.8 Å². The summed E-state index contributed by atoms with van der Waals surface area (Å²) in [6, 6.07) is 0. The molecule has 0 aromatic rings. The molecule has 0 aromatic heterocycles. The van der Waals surface area contributed by atoms with Gasteiger partial charge in [0, 0.05) is 0 Å². The molecule has 7 heteroatoms. The maximum absolute atomic E-state index is 7.99. The number of nitrogens with zero attached hydrogens (tertiary/aromatic N) is 4. The molecular formula is C3H3N7. The molecule has 0 atom stereocenters. The summed E-state index contributed by atoms with van der Waals surface area (Å²) in [5, 5.41) is 24.7. The summed E-state index contributed by atoms with van der Waals surface area (Å²) in [6.07, 6.45) is 4.46. The maximum atomic E-state index is 7.99. The third-order valence-corrected chi connectivity index (χ3v) is 0.485. The number of hydrogen-bond acceptors (Lipinski definition) is 7. The highest BCUT2D eigenvalue weighted by Gasteiger charge is 1.95.